The van der Waals surface area contributed by atoms with Crippen LogP contribution in [0.25, 0.3) is 0 Å². The van der Waals surface area contributed by atoms with Crippen LogP contribution in [0.15, 0.2) is 18.3 Å². The number of aromatic hydroxyl groups is 1. The topological polar surface area (TPSA) is 83.5 Å². The Morgan fingerprint density at radius 2 is 2.53 bits per heavy atom. The van der Waals surface area contributed by atoms with Crippen molar-refractivity contribution in [1.29, 1.82) is 0 Å². The number of carbonyl (C=O) groups excluding carboxylic acids is 1. The second-order valence-corrected chi connectivity index (χ2v) is 4.80. The van der Waals surface area contributed by atoms with Crippen LogP contribution in [-0.4, -0.2) is 48.3 Å². The molecule has 1 fully saturated rings. The maximum absolute atomic E-state index is 12.0. The van der Waals surface area contributed by atoms with Crippen LogP contribution in [0.4, 0.5) is 0 Å². The second-order valence-electron chi connectivity index (χ2n) is 4.80. The van der Waals surface area contributed by atoms with Crippen molar-refractivity contribution in [3.05, 3.63) is 24.0 Å². The molecule has 1 unspecified atom stereocenters. The van der Waals surface area contributed by atoms with Crippen molar-refractivity contribution in [3.63, 3.8) is 0 Å². The monoisotopic (exact) mass is 265 g/mol. The van der Waals surface area contributed by atoms with Crippen molar-refractivity contribution >= 4 is 5.91 Å². The van der Waals surface area contributed by atoms with Gasteiger partial charge >= 0.3 is 0 Å². The van der Waals surface area contributed by atoms with Gasteiger partial charge in [0.15, 0.2) is 5.69 Å². The third kappa shape index (κ3) is 3.21. The van der Waals surface area contributed by atoms with Crippen molar-refractivity contribution in [3.8, 4) is 5.75 Å². The Labute approximate surface area is 112 Å². The highest BCUT2D eigenvalue weighted by Crippen LogP contribution is 2.19. The molecule has 0 radical (unpaired) electrons. The zero-order valence-corrected chi connectivity index (χ0v) is 11.0. The Hall–Kier alpha value is -1.66. The molecule has 104 valence electrons. The third-order valence-electron chi connectivity index (χ3n) is 3.34. The summed E-state index contributed by atoms with van der Waals surface area (Å²) in [7, 11) is 1.65. The smallest absolute Gasteiger partial charge is 0.273 e. The number of aromatic nitrogens is 1. The molecule has 6 nitrogen and oxygen atoms in total. The zero-order chi connectivity index (χ0) is 13.7. The SMILES string of the molecule is COCC1(CNC(=O)c2ncccc2O)CCCN1. The number of ether oxygens (including phenoxy) is 1. The van der Waals surface area contributed by atoms with Crippen LogP contribution in [0.5, 0.6) is 5.75 Å². The van der Waals surface area contributed by atoms with Gasteiger partial charge in [0, 0.05) is 19.9 Å². The second kappa shape index (κ2) is 5.99. The van der Waals surface area contributed by atoms with Crippen molar-refractivity contribution in [1.82, 2.24) is 15.6 Å². The van der Waals surface area contributed by atoms with Crippen LogP contribution in [0, 0.1) is 0 Å². The lowest BCUT2D eigenvalue weighted by molar-refractivity contribution is 0.0885. The van der Waals surface area contributed by atoms with Crippen LogP contribution >= 0.6 is 0 Å². The summed E-state index contributed by atoms with van der Waals surface area (Å²) in [6, 6.07) is 3.03. The fourth-order valence-electron chi connectivity index (χ4n) is 2.38. The molecule has 2 rings (SSSR count). The minimum absolute atomic E-state index is 0.0491. The molecule has 1 aliphatic rings. The number of nitrogens with one attached hydrogen (secondary N) is 2. The van der Waals surface area contributed by atoms with E-state index < -0.39 is 0 Å². The lowest BCUT2D eigenvalue weighted by Crippen LogP contribution is -2.53. The molecule has 1 aliphatic heterocycles. The van der Waals surface area contributed by atoms with Gasteiger partial charge in [-0.3, -0.25) is 4.79 Å². The van der Waals surface area contributed by atoms with E-state index in [1.165, 1.54) is 12.3 Å². The molecule has 0 aliphatic carbocycles. The lowest BCUT2D eigenvalue weighted by Gasteiger charge is -2.28. The number of rotatable bonds is 5. The highest BCUT2D eigenvalue weighted by Gasteiger charge is 2.34. The highest BCUT2D eigenvalue weighted by molar-refractivity contribution is 5.94. The average Bonchev–Trinajstić information content (AvgIpc) is 2.86. The van der Waals surface area contributed by atoms with Gasteiger partial charge in [-0.1, -0.05) is 0 Å². The number of hydrogen-bond donors (Lipinski definition) is 3. The maximum Gasteiger partial charge on any atom is 0.273 e. The Morgan fingerprint density at radius 1 is 1.68 bits per heavy atom. The highest BCUT2D eigenvalue weighted by atomic mass is 16.5. The largest absolute Gasteiger partial charge is 0.505 e. The van der Waals surface area contributed by atoms with E-state index in [1.807, 2.05) is 0 Å². The molecule has 3 N–H and O–H groups in total. The van der Waals surface area contributed by atoms with Crippen LogP contribution in [0.2, 0.25) is 0 Å². The van der Waals surface area contributed by atoms with E-state index in [0.29, 0.717) is 13.2 Å². The van der Waals surface area contributed by atoms with Gasteiger partial charge in [0.1, 0.15) is 5.75 Å². The van der Waals surface area contributed by atoms with Gasteiger partial charge in [0.2, 0.25) is 0 Å². The minimum atomic E-state index is -0.373. The molecular formula is C13H19N3O3. The standard InChI is InChI=1S/C13H19N3O3/c1-19-9-13(5-3-7-16-13)8-15-12(18)11-10(17)4-2-6-14-11/h2,4,6,16-17H,3,5,7-9H2,1H3,(H,15,18). The van der Waals surface area contributed by atoms with E-state index >= 15 is 0 Å². The molecule has 0 bridgehead atoms. The Bertz CT molecular complexity index is 445. The molecule has 2 heterocycles. The summed E-state index contributed by atoms with van der Waals surface area (Å²) in [5, 5.41) is 15.8. The first-order valence-corrected chi connectivity index (χ1v) is 6.33. The van der Waals surface area contributed by atoms with Gasteiger partial charge in [-0.15, -0.1) is 0 Å². The predicted molar refractivity (Wildman–Crippen MR) is 70.1 cm³/mol. The Kier molecular flexibility index (Phi) is 4.34. The first-order valence-electron chi connectivity index (χ1n) is 6.33. The summed E-state index contributed by atoms with van der Waals surface area (Å²) in [5.74, 6) is -0.484. The quantitative estimate of drug-likeness (QED) is 0.712. The van der Waals surface area contributed by atoms with Crippen LogP contribution < -0.4 is 10.6 Å². The fourth-order valence-corrected chi connectivity index (χ4v) is 2.38. The van der Waals surface area contributed by atoms with Crippen molar-refractivity contribution < 1.29 is 14.6 Å². The minimum Gasteiger partial charge on any atom is -0.505 e. The van der Waals surface area contributed by atoms with Crippen molar-refractivity contribution in [2.24, 2.45) is 0 Å². The molecule has 1 aromatic heterocycles. The van der Waals surface area contributed by atoms with Gasteiger partial charge in [0.05, 0.1) is 12.1 Å². The van der Waals surface area contributed by atoms with Crippen LogP contribution in [0.1, 0.15) is 23.3 Å². The molecule has 1 atom stereocenters. The van der Waals surface area contributed by atoms with Gasteiger partial charge in [-0.2, -0.15) is 0 Å². The number of carbonyl (C=O) groups is 1. The Morgan fingerprint density at radius 3 is 3.16 bits per heavy atom. The summed E-state index contributed by atoms with van der Waals surface area (Å²) in [6.45, 7) is 1.92. The zero-order valence-electron chi connectivity index (χ0n) is 11.0. The van der Waals surface area contributed by atoms with Gasteiger partial charge in [-0.05, 0) is 31.5 Å². The molecule has 19 heavy (non-hydrogen) atoms. The fraction of sp³-hybridized carbons (Fsp3) is 0.538. The molecular weight excluding hydrogens is 246 g/mol. The lowest BCUT2D eigenvalue weighted by atomic mass is 9.98. The van der Waals surface area contributed by atoms with E-state index in [4.69, 9.17) is 4.74 Å². The van der Waals surface area contributed by atoms with E-state index in [9.17, 15) is 9.90 Å². The number of methoxy groups -OCH3 is 1. The third-order valence-corrected chi connectivity index (χ3v) is 3.34. The van der Waals surface area contributed by atoms with E-state index in [0.717, 1.165) is 19.4 Å². The van der Waals surface area contributed by atoms with Crippen LogP contribution in [0.3, 0.4) is 0 Å². The summed E-state index contributed by atoms with van der Waals surface area (Å²) in [6.07, 6.45) is 3.50. The molecule has 1 saturated heterocycles. The normalized spacial score (nSPS) is 22.4. The Balaban J connectivity index is 1.98. The van der Waals surface area contributed by atoms with Gasteiger partial charge in [0.25, 0.3) is 5.91 Å². The molecule has 0 aromatic carbocycles. The van der Waals surface area contributed by atoms with Crippen molar-refractivity contribution in [2.75, 3.05) is 26.8 Å². The van der Waals surface area contributed by atoms with E-state index in [2.05, 4.69) is 15.6 Å². The number of hydrogen-bond acceptors (Lipinski definition) is 5. The summed E-state index contributed by atoms with van der Waals surface area (Å²) in [4.78, 5) is 15.8. The molecule has 6 heteroatoms. The van der Waals surface area contributed by atoms with E-state index in [-0.39, 0.29) is 22.9 Å². The average molecular weight is 265 g/mol. The van der Waals surface area contributed by atoms with Crippen LogP contribution in [-0.2, 0) is 4.74 Å². The number of nitrogens with zero attached hydrogens (tertiary/aromatic N) is 1. The summed E-state index contributed by atoms with van der Waals surface area (Å²) < 4.78 is 5.21. The molecule has 1 amide bonds. The van der Waals surface area contributed by atoms with Gasteiger partial charge < -0.3 is 20.5 Å². The molecule has 0 spiro atoms. The predicted octanol–water partition coefficient (Wildman–Crippen LogP) is 0.286. The summed E-state index contributed by atoms with van der Waals surface area (Å²) in [5.41, 5.74) is -0.164. The van der Waals surface area contributed by atoms with Gasteiger partial charge in [-0.25, -0.2) is 4.98 Å². The molecule has 1 aromatic rings. The molecule has 0 saturated carbocycles. The van der Waals surface area contributed by atoms with Crippen molar-refractivity contribution in [2.45, 2.75) is 18.4 Å². The number of pyridine rings is 1. The summed E-state index contributed by atoms with van der Waals surface area (Å²) >= 11 is 0. The first kappa shape index (κ1) is 13.8. The number of amides is 1. The maximum atomic E-state index is 12.0. The first-order chi connectivity index (χ1) is 9.17. The van der Waals surface area contributed by atoms with E-state index in [1.54, 1.807) is 13.2 Å².